The summed E-state index contributed by atoms with van der Waals surface area (Å²) in [5.41, 5.74) is 0.959. The normalized spacial score (nSPS) is 13.2. The first-order chi connectivity index (χ1) is 6.22. The fourth-order valence-electron chi connectivity index (χ4n) is 1.16. The molecule has 1 atom stereocenters. The van der Waals surface area contributed by atoms with Gasteiger partial charge in [-0.3, -0.25) is 0 Å². The van der Waals surface area contributed by atoms with Gasteiger partial charge in [-0.15, -0.1) is 0 Å². The zero-order chi connectivity index (χ0) is 9.68. The summed E-state index contributed by atoms with van der Waals surface area (Å²) in [6.07, 6.45) is 0. The molecule has 13 heavy (non-hydrogen) atoms. The lowest BCUT2D eigenvalue weighted by molar-refractivity contribution is 0.385. The molecule has 1 aromatic rings. The average molecular weight is 183 g/mol. The minimum Gasteiger partial charge on any atom is -0.361 e. The van der Waals surface area contributed by atoms with Gasteiger partial charge in [-0.05, 0) is 20.9 Å². The third-order valence-corrected chi connectivity index (χ3v) is 1.82. The Bertz CT molecular complexity index is 247. The molecule has 1 unspecified atom stereocenters. The summed E-state index contributed by atoms with van der Waals surface area (Å²) in [6.45, 7) is 5.74. The zero-order valence-corrected chi connectivity index (χ0v) is 8.42. The third kappa shape index (κ3) is 3.57. The van der Waals surface area contributed by atoms with Crippen LogP contribution in [0, 0.1) is 6.92 Å². The van der Waals surface area contributed by atoms with E-state index in [0.29, 0.717) is 6.04 Å². The fourth-order valence-corrected chi connectivity index (χ4v) is 1.16. The number of nitrogens with one attached hydrogen (secondary N) is 2. The van der Waals surface area contributed by atoms with Crippen molar-refractivity contribution in [3.05, 3.63) is 17.5 Å². The largest absolute Gasteiger partial charge is 0.361 e. The smallest absolute Gasteiger partial charge is 0.133 e. The number of aryl methyl sites for hydroxylation is 1. The highest BCUT2D eigenvalue weighted by molar-refractivity contribution is 5.03. The molecule has 0 amide bonds. The molecule has 0 aromatic carbocycles. The molecule has 2 N–H and O–H groups in total. The van der Waals surface area contributed by atoms with E-state index in [1.165, 1.54) is 0 Å². The van der Waals surface area contributed by atoms with Crippen LogP contribution in [0.5, 0.6) is 0 Å². The van der Waals surface area contributed by atoms with Crippen molar-refractivity contribution in [1.29, 1.82) is 0 Å². The fraction of sp³-hybridized carbons (Fsp3) is 0.667. The Kier molecular flexibility index (Phi) is 3.92. The van der Waals surface area contributed by atoms with E-state index in [-0.39, 0.29) is 0 Å². The molecule has 0 aliphatic carbocycles. The van der Waals surface area contributed by atoms with Crippen molar-refractivity contribution in [1.82, 2.24) is 15.8 Å². The predicted molar refractivity (Wildman–Crippen MR) is 51.5 cm³/mol. The average Bonchev–Trinajstić information content (AvgIpc) is 2.49. The minimum atomic E-state index is 0.446. The molecule has 0 radical (unpaired) electrons. The van der Waals surface area contributed by atoms with Crippen LogP contribution in [0.25, 0.3) is 0 Å². The van der Waals surface area contributed by atoms with Crippen LogP contribution in [0.4, 0.5) is 0 Å². The summed E-state index contributed by atoms with van der Waals surface area (Å²) in [4.78, 5) is 0. The van der Waals surface area contributed by atoms with Gasteiger partial charge in [-0.1, -0.05) is 5.16 Å². The second kappa shape index (κ2) is 4.99. The Hall–Kier alpha value is -0.870. The summed E-state index contributed by atoms with van der Waals surface area (Å²) >= 11 is 0. The maximum absolute atomic E-state index is 4.95. The highest BCUT2D eigenvalue weighted by Gasteiger charge is 2.02. The number of nitrogens with zero attached hydrogens (tertiary/aromatic N) is 1. The van der Waals surface area contributed by atoms with E-state index in [1.807, 2.05) is 20.0 Å². The number of likely N-dealkylation sites (N-methyl/N-ethyl adjacent to an activating group) is 1. The van der Waals surface area contributed by atoms with Crippen LogP contribution < -0.4 is 10.6 Å². The molecule has 74 valence electrons. The van der Waals surface area contributed by atoms with Gasteiger partial charge < -0.3 is 15.2 Å². The lowest BCUT2D eigenvalue weighted by atomic mass is 10.3. The second-order valence-electron chi connectivity index (χ2n) is 3.27. The first kappa shape index (κ1) is 10.2. The van der Waals surface area contributed by atoms with Crippen molar-refractivity contribution < 1.29 is 4.52 Å². The van der Waals surface area contributed by atoms with E-state index in [4.69, 9.17) is 4.52 Å². The van der Waals surface area contributed by atoms with Gasteiger partial charge in [0.2, 0.25) is 0 Å². The molecule has 0 aliphatic heterocycles. The molecule has 0 fully saturated rings. The standard InChI is InChI=1S/C9H17N3O/c1-7(5-10-3)11-6-9-4-8(2)13-12-9/h4,7,10-11H,5-6H2,1-3H3. The number of aromatic nitrogens is 1. The number of hydrogen-bond acceptors (Lipinski definition) is 4. The predicted octanol–water partition coefficient (Wildman–Crippen LogP) is 0.681. The minimum absolute atomic E-state index is 0.446. The monoisotopic (exact) mass is 183 g/mol. The lowest BCUT2D eigenvalue weighted by Gasteiger charge is -2.10. The number of hydrogen-bond donors (Lipinski definition) is 2. The molecule has 1 rings (SSSR count). The third-order valence-electron chi connectivity index (χ3n) is 1.82. The van der Waals surface area contributed by atoms with Crippen LogP contribution in [-0.2, 0) is 6.54 Å². The van der Waals surface area contributed by atoms with Crippen molar-refractivity contribution in [3.8, 4) is 0 Å². The van der Waals surface area contributed by atoms with Gasteiger partial charge in [0.25, 0.3) is 0 Å². The maximum atomic E-state index is 4.95. The Morgan fingerprint density at radius 3 is 2.92 bits per heavy atom. The summed E-state index contributed by atoms with van der Waals surface area (Å²) < 4.78 is 4.95. The van der Waals surface area contributed by atoms with Crippen LogP contribution in [-0.4, -0.2) is 24.8 Å². The Morgan fingerprint density at radius 1 is 1.62 bits per heavy atom. The van der Waals surface area contributed by atoms with E-state index in [9.17, 15) is 0 Å². The molecule has 1 heterocycles. The van der Waals surface area contributed by atoms with Crippen LogP contribution in [0.2, 0.25) is 0 Å². The molecule has 0 saturated carbocycles. The van der Waals surface area contributed by atoms with Crippen molar-refractivity contribution in [3.63, 3.8) is 0 Å². The molecular weight excluding hydrogens is 166 g/mol. The molecule has 0 saturated heterocycles. The highest BCUT2D eigenvalue weighted by Crippen LogP contribution is 2.00. The SMILES string of the molecule is CNCC(C)NCc1cc(C)on1. The molecular formula is C9H17N3O. The molecule has 0 spiro atoms. The second-order valence-corrected chi connectivity index (χ2v) is 3.27. The number of rotatable bonds is 5. The van der Waals surface area contributed by atoms with E-state index in [2.05, 4.69) is 22.7 Å². The van der Waals surface area contributed by atoms with E-state index in [1.54, 1.807) is 0 Å². The zero-order valence-electron chi connectivity index (χ0n) is 8.42. The lowest BCUT2D eigenvalue weighted by Crippen LogP contribution is -2.34. The van der Waals surface area contributed by atoms with Crippen LogP contribution in [0.3, 0.4) is 0 Å². The van der Waals surface area contributed by atoms with E-state index < -0.39 is 0 Å². The summed E-state index contributed by atoms with van der Waals surface area (Å²) in [5, 5.41) is 10.3. The van der Waals surface area contributed by atoms with Crippen LogP contribution in [0.15, 0.2) is 10.6 Å². The van der Waals surface area contributed by atoms with Gasteiger partial charge in [-0.25, -0.2) is 0 Å². The summed E-state index contributed by atoms with van der Waals surface area (Å²) in [5.74, 6) is 0.859. The topological polar surface area (TPSA) is 50.1 Å². The Balaban J connectivity index is 2.26. The first-order valence-electron chi connectivity index (χ1n) is 4.52. The molecule has 0 bridgehead atoms. The van der Waals surface area contributed by atoms with Crippen molar-refractivity contribution in [2.45, 2.75) is 26.4 Å². The van der Waals surface area contributed by atoms with Crippen molar-refractivity contribution in [2.24, 2.45) is 0 Å². The van der Waals surface area contributed by atoms with Gasteiger partial charge >= 0.3 is 0 Å². The van der Waals surface area contributed by atoms with Crippen LogP contribution in [0.1, 0.15) is 18.4 Å². The Morgan fingerprint density at radius 2 is 2.38 bits per heavy atom. The maximum Gasteiger partial charge on any atom is 0.133 e. The van der Waals surface area contributed by atoms with Crippen molar-refractivity contribution >= 4 is 0 Å². The van der Waals surface area contributed by atoms with E-state index in [0.717, 1.165) is 24.5 Å². The summed E-state index contributed by atoms with van der Waals surface area (Å²) in [7, 11) is 1.94. The van der Waals surface area contributed by atoms with Crippen molar-refractivity contribution in [2.75, 3.05) is 13.6 Å². The van der Waals surface area contributed by atoms with Gasteiger partial charge in [0.15, 0.2) is 0 Å². The van der Waals surface area contributed by atoms with E-state index >= 15 is 0 Å². The van der Waals surface area contributed by atoms with Gasteiger partial charge in [0, 0.05) is 25.2 Å². The van der Waals surface area contributed by atoms with Gasteiger partial charge in [0.05, 0.1) is 5.69 Å². The van der Waals surface area contributed by atoms with Crippen LogP contribution >= 0.6 is 0 Å². The van der Waals surface area contributed by atoms with Gasteiger partial charge in [-0.2, -0.15) is 0 Å². The summed E-state index contributed by atoms with van der Waals surface area (Å²) in [6, 6.07) is 2.39. The first-order valence-corrected chi connectivity index (χ1v) is 4.52. The molecule has 0 aliphatic rings. The Labute approximate surface area is 78.7 Å². The molecule has 4 heteroatoms. The quantitative estimate of drug-likeness (QED) is 0.705. The molecule has 4 nitrogen and oxygen atoms in total. The molecule has 1 aromatic heterocycles. The van der Waals surface area contributed by atoms with Gasteiger partial charge in [0.1, 0.15) is 5.76 Å². The highest BCUT2D eigenvalue weighted by atomic mass is 16.5.